The predicted octanol–water partition coefficient (Wildman–Crippen LogP) is 3.09. The van der Waals surface area contributed by atoms with Gasteiger partial charge >= 0.3 is 5.97 Å². The number of carboxylic acid groups (broad SMARTS) is 1. The molecule has 0 spiro atoms. The molecule has 0 aliphatic heterocycles. The van der Waals surface area contributed by atoms with Crippen molar-refractivity contribution in [3.8, 4) is 0 Å². The summed E-state index contributed by atoms with van der Waals surface area (Å²) in [5, 5.41) is 13.3. The Bertz CT molecular complexity index is 409. The molecule has 1 aromatic heterocycles. The molecule has 0 unspecified atom stereocenters. The lowest BCUT2D eigenvalue weighted by molar-refractivity contribution is -0.149. The van der Waals surface area contributed by atoms with Crippen molar-refractivity contribution in [2.45, 2.75) is 59.8 Å². The van der Waals surface area contributed by atoms with Crippen molar-refractivity contribution in [3.63, 3.8) is 0 Å². The Balaban J connectivity index is 2.73. The topological polar surface area (TPSA) is 76.2 Å². The van der Waals surface area contributed by atoms with Gasteiger partial charge in [0.15, 0.2) is 5.82 Å². The van der Waals surface area contributed by atoms with Crippen molar-refractivity contribution in [2.75, 3.05) is 0 Å². The summed E-state index contributed by atoms with van der Waals surface area (Å²) in [6.45, 7) is 8.05. The van der Waals surface area contributed by atoms with Crippen molar-refractivity contribution in [1.29, 1.82) is 0 Å². The Morgan fingerprint density at radius 1 is 1.37 bits per heavy atom. The largest absolute Gasteiger partial charge is 0.481 e. The van der Waals surface area contributed by atoms with Crippen LogP contribution in [-0.2, 0) is 17.6 Å². The molecule has 0 aliphatic rings. The van der Waals surface area contributed by atoms with Gasteiger partial charge in [-0.2, -0.15) is 4.98 Å². The highest BCUT2D eigenvalue weighted by molar-refractivity contribution is 5.74. The number of carbonyl (C=O) groups is 1. The van der Waals surface area contributed by atoms with Gasteiger partial charge in [-0.05, 0) is 25.2 Å². The van der Waals surface area contributed by atoms with Crippen molar-refractivity contribution < 1.29 is 14.4 Å². The highest BCUT2D eigenvalue weighted by atomic mass is 16.5. The normalized spacial score (nSPS) is 12.1. The number of hydrogen-bond acceptors (Lipinski definition) is 4. The van der Waals surface area contributed by atoms with E-state index < -0.39 is 11.4 Å². The molecule has 5 heteroatoms. The molecule has 0 amide bonds. The van der Waals surface area contributed by atoms with Gasteiger partial charge in [0.2, 0.25) is 5.89 Å². The number of rotatable bonds is 8. The van der Waals surface area contributed by atoms with E-state index in [0.29, 0.717) is 36.9 Å². The van der Waals surface area contributed by atoms with Gasteiger partial charge in [-0.3, -0.25) is 4.79 Å². The van der Waals surface area contributed by atoms with Gasteiger partial charge in [0.25, 0.3) is 0 Å². The number of hydrogen-bond donors (Lipinski definition) is 1. The molecule has 0 radical (unpaired) electrons. The second-order valence-corrected chi connectivity index (χ2v) is 5.51. The molecule has 1 rings (SSSR count). The lowest BCUT2D eigenvalue weighted by Crippen LogP contribution is -2.32. The van der Waals surface area contributed by atoms with Crippen LogP contribution in [-0.4, -0.2) is 21.2 Å². The molecule has 0 atom stereocenters. The van der Waals surface area contributed by atoms with E-state index in [9.17, 15) is 9.90 Å². The molecule has 5 nitrogen and oxygen atoms in total. The van der Waals surface area contributed by atoms with Crippen LogP contribution in [0.15, 0.2) is 4.52 Å². The predicted molar refractivity (Wildman–Crippen MR) is 71.8 cm³/mol. The van der Waals surface area contributed by atoms with Crippen LogP contribution < -0.4 is 0 Å². The first-order valence-corrected chi connectivity index (χ1v) is 6.98. The smallest absolute Gasteiger partial charge is 0.310 e. The minimum absolute atomic E-state index is 0.310. The first-order chi connectivity index (χ1) is 8.93. The number of aryl methyl sites for hydroxylation is 1. The number of aliphatic carboxylic acids is 1. The molecule has 0 saturated carbocycles. The van der Waals surface area contributed by atoms with E-state index in [0.717, 1.165) is 12.8 Å². The van der Waals surface area contributed by atoms with Crippen LogP contribution in [0.3, 0.4) is 0 Å². The molecule has 0 aromatic carbocycles. The summed E-state index contributed by atoms with van der Waals surface area (Å²) in [7, 11) is 0. The second kappa shape index (κ2) is 6.68. The van der Waals surface area contributed by atoms with Gasteiger partial charge in [0, 0.05) is 12.8 Å². The fourth-order valence-electron chi connectivity index (χ4n) is 2.05. The average molecular weight is 268 g/mol. The van der Waals surface area contributed by atoms with Crippen LogP contribution in [0.25, 0.3) is 0 Å². The third-order valence-electron chi connectivity index (χ3n) is 3.75. The number of aromatic nitrogens is 2. The summed E-state index contributed by atoms with van der Waals surface area (Å²) in [5.41, 5.74) is -0.790. The monoisotopic (exact) mass is 268 g/mol. The van der Waals surface area contributed by atoms with Gasteiger partial charge in [-0.25, -0.2) is 0 Å². The van der Waals surface area contributed by atoms with Crippen LogP contribution in [0.5, 0.6) is 0 Å². The maximum absolute atomic E-state index is 11.4. The first-order valence-electron chi connectivity index (χ1n) is 6.98. The van der Waals surface area contributed by atoms with E-state index in [1.54, 1.807) is 0 Å². The zero-order valence-corrected chi connectivity index (χ0v) is 12.3. The highest BCUT2D eigenvalue weighted by Gasteiger charge is 2.37. The summed E-state index contributed by atoms with van der Waals surface area (Å²) in [6.07, 6.45) is 3.21. The van der Waals surface area contributed by atoms with E-state index in [4.69, 9.17) is 4.52 Å². The zero-order chi connectivity index (χ0) is 14.5. The van der Waals surface area contributed by atoms with Crippen LogP contribution in [0.4, 0.5) is 0 Å². The molecule has 19 heavy (non-hydrogen) atoms. The first kappa shape index (κ1) is 15.7. The van der Waals surface area contributed by atoms with Gasteiger partial charge in [-0.15, -0.1) is 0 Å². The fraction of sp³-hybridized carbons (Fsp3) is 0.786. The third-order valence-corrected chi connectivity index (χ3v) is 3.75. The molecule has 0 saturated heterocycles. The fourth-order valence-corrected chi connectivity index (χ4v) is 2.05. The van der Waals surface area contributed by atoms with E-state index in [2.05, 4.69) is 24.0 Å². The molecule has 108 valence electrons. The summed E-state index contributed by atoms with van der Waals surface area (Å²) in [5.74, 6) is 0.908. The average Bonchev–Trinajstić information content (AvgIpc) is 2.80. The van der Waals surface area contributed by atoms with E-state index in [1.807, 2.05) is 13.8 Å². The second-order valence-electron chi connectivity index (χ2n) is 5.51. The molecular formula is C14H24N2O3. The Morgan fingerprint density at radius 3 is 2.47 bits per heavy atom. The minimum Gasteiger partial charge on any atom is -0.481 e. The quantitative estimate of drug-likeness (QED) is 0.784. The Labute approximate surface area is 114 Å². The van der Waals surface area contributed by atoms with Crippen LogP contribution in [0, 0.1) is 11.3 Å². The third kappa shape index (κ3) is 4.04. The summed E-state index contributed by atoms with van der Waals surface area (Å²) < 4.78 is 5.18. The van der Waals surface area contributed by atoms with Gasteiger partial charge in [0.1, 0.15) is 0 Å². The molecule has 1 heterocycles. The lowest BCUT2D eigenvalue weighted by atomic mass is 9.79. The molecule has 0 fully saturated rings. The standard InChI is InChI=1S/C14H24N2O3/c1-5-14(6-2,13(17)18)9-12-15-11(16-19-12)8-7-10(3)4/h10H,5-9H2,1-4H3,(H,17,18). The maximum Gasteiger partial charge on any atom is 0.310 e. The Morgan fingerprint density at radius 2 is 2.00 bits per heavy atom. The van der Waals surface area contributed by atoms with Gasteiger partial charge in [0.05, 0.1) is 5.41 Å². The highest BCUT2D eigenvalue weighted by Crippen LogP contribution is 2.30. The summed E-state index contributed by atoms with van der Waals surface area (Å²) >= 11 is 0. The maximum atomic E-state index is 11.4. The van der Waals surface area contributed by atoms with Gasteiger partial charge in [-0.1, -0.05) is 32.9 Å². The lowest BCUT2D eigenvalue weighted by Gasteiger charge is -2.24. The van der Waals surface area contributed by atoms with Crippen LogP contribution >= 0.6 is 0 Å². The molecule has 1 aromatic rings. The van der Waals surface area contributed by atoms with Crippen molar-refractivity contribution in [3.05, 3.63) is 11.7 Å². The van der Waals surface area contributed by atoms with E-state index >= 15 is 0 Å². The van der Waals surface area contributed by atoms with Crippen LogP contribution in [0.1, 0.15) is 58.7 Å². The van der Waals surface area contributed by atoms with Gasteiger partial charge < -0.3 is 9.63 Å². The Kier molecular flexibility index (Phi) is 5.51. The molecule has 0 bridgehead atoms. The van der Waals surface area contributed by atoms with Crippen molar-refractivity contribution in [2.24, 2.45) is 11.3 Å². The van der Waals surface area contributed by atoms with Crippen LogP contribution in [0.2, 0.25) is 0 Å². The SMILES string of the molecule is CCC(CC)(Cc1nc(CCC(C)C)no1)C(=O)O. The summed E-state index contributed by atoms with van der Waals surface area (Å²) in [6, 6.07) is 0. The number of carboxylic acids is 1. The molecule has 1 N–H and O–H groups in total. The van der Waals surface area contributed by atoms with Crippen molar-refractivity contribution >= 4 is 5.97 Å². The summed E-state index contributed by atoms with van der Waals surface area (Å²) in [4.78, 5) is 15.7. The number of nitrogens with zero attached hydrogens (tertiary/aromatic N) is 2. The van der Waals surface area contributed by atoms with Crippen molar-refractivity contribution in [1.82, 2.24) is 10.1 Å². The Hall–Kier alpha value is -1.39. The molecular weight excluding hydrogens is 244 g/mol. The van der Waals surface area contributed by atoms with E-state index in [-0.39, 0.29) is 0 Å². The van der Waals surface area contributed by atoms with E-state index in [1.165, 1.54) is 0 Å². The minimum atomic E-state index is -0.792. The zero-order valence-electron chi connectivity index (χ0n) is 12.3. The molecule has 0 aliphatic carbocycles.